The summed E-state index contributed by atoms with van der Waals surface area (Å²) in [5, 5.41) is 14.4. The van der Waals surface area contributed by atoms with Crippen molar-refractivity contribution in [3.05, 3.63) is 23.8 Å². The average molecular weight is 550 g/mol. The number of piperidine rings is 1. The molecule has 8 heteroatoms. The lowest BCUT2D eigenvalue weighted by atomic mass is 9.80. The van der Waals surface area contributed by atoms with Crippen molar-refractivity contribution in [3.63, 3.8) is 0 Å². The van der Waals surface area contributed by atoms with Crippen molar-refractivity contribution < 1.29 is 24.1 Å². The molecule has 1 heterocycles. The first-order chi connectivity index (χ1) is 18.5. The van der Waals surface area contributed by atoms with Crippen LogP contribution in [0.25, 0.3) is 0 Å². The summed E-state index contributed by atoms with van der Waals surface area (Å²) in [5.74, 6) is 2.00. The Morgan fingerprint density at radius 3 is 2.36 bits per heavy atom. The third-order valence-corrected chi connectivity index (χ3v) is 8.19. The Morgan fingerprint density at radius 2 is 1.77 bits per heavy atom. The molecule has 0 radical (unpaired) electrons. The van der Waals surface area contributed by atoms with E-state index in [0.29, 0.717) is 37.7 Å². The van der Waals surface area contributed by atoms with Gasteiger partial charge in [0.15, 0.2) is 11.5 Å². The Morgan fingerprint density at radius 1 is 1.08 bits per heavy atom. The van der Waals surface area contributed by atoms with Crippen LogP contribution in [-0.4, -0.2) is 81.7 Å². The third kappa shape index (κ3) is 11.3. The lowest BCUT2D eigenvalue weighted by molar-refractivity contribution is -0.128. The summed E-state index contributed by atoms with van der Waals surface area (Å²) in [5.41, 5.74) is 7.73. The van der Waals surface area contributed by atoms with E-state index in [1.54, 1.807) is 14.2 Å². The minimum absolute atomic E-state index is 0.0440. The number of benzene rings is 1. The summed E-state index contributed by atoms with van der Waals surface area (Å²) in [4.78, 5) is 15.4. The van der Waals surface area contributed by atoms with E-state index < -0.39 is 12.1 Å². The highest BCUT2D eigenvalue weighted by Crippen LogP contribution is 2.32. The molecular formula is C31H55N3O5. The van der Waals surface area contributed by atoms with E-state index in [1.165, 1.54) is 0 Å². The fourth-order valence-corrected chi connectivity index (χ4v) is 5.32. The van der Waals surface area contributed by atoms with Gasteiger partial charge in [-0.1, -0.05) is 33.8 Å². The molecule has 1 aromatic rings. The number of carbonyl (C=O) groups excluding carboxylic acids is 1. The number of likely N-dealkylation sites (tertiary alicyclic amines) is 1. The van der Waals surface area contributed by atoms with E-state index >= 15 is 0 Å². The normalized spacial score (nSPS) is 18.1. The molecule has 1 aromatic carbocycles. The van der Waals surface area contributed by atoms with E-state index in [4.69, 9.17) is 19.9 Å². The van der Waals surface area contributed by atoms with Gasteiger partial charge in [0.1, 0.15) is 0 Å². The average Bonchev–Trinajstić information content (AvgIpc) is 2.90. The van der Waals surface area contributed by atoms with Crippen molar-refractivity contribution >= 4 is 5.91 Å². The van der Waals surface area contributed by atoms with Gasteiger partial charge in [0.25, 0.3) is 0 Å². The minimum Gasteiger partial charge on any atom is -0.493 e. The van der Waals surface area contributed by atoms with Gasteiger partial charge < -0.3 is 35.3 Å². The highest BCUT2D eigenvalue weighted by Gasteiger charge is 2.31. The molecule has 0 saturated carbocycles. The van der Waals surface area contributed by atoms with Gasteiger partial charge in [-0.15, -0.1) is 0 Å². The number of nitrogens with zero attached hydrogens (tertiary/aromatic N) is 1. The van der Waals surface area contributed by atoms with Crippen molar-refractivity contribution in [3.8, 4) is 11.5 Å². The number of nitrogens with two attached hydrogens (primary N) is 1. The number of nitrogens with one attached hydrogen (secondary N) is 1. The highest BCUT2D eigenvalue weighted by molar-refractivity contribution is 5.79. The fourth-order valence-electron chi connectivity index (χ4n) is 5.32. The predicted octanol–water partition coefficient (Wildman–Crippen LogP) is 3.88. The maximum absolute atomic E-state index is 13.2. The van der Waals surface area contributed by atoms with E-state index in [2.05, 4.69) is 37.2 Å². The van der Waals surface area contributed by atoms with Gasteiger partial charge in [-0.3, -0.25) is 4.79 Å². The molecule has 0 aliphatic carbocycles. The summed E-state index contributed by atoms with van der Waals surface area (Å²) < 4.78 is 16.6. The quantitative estimate of drug-likeness (QED) is 0.253. The molecule has 1 amide bonds. The zero-order valence-electron chi connectivity index (χ0n) is 25.4. The van der Waals surface area contributed by atoms with Crippen LogP contribution in [0.2, 0.25) is 0 Å². The van der Waals surface area contributed by atoms with Crippen molar-refractivity contribution in [2.45, 2.75) is 84.4 Å². The molecular weight excluding hydrogens is 494 g/mol. The van der Waals surface area contributed by atoms with Crippen LogP contribution in [0.4, 0.5) is 0 Å². The second-order valence-electron chi connectivity index (χ2n) is 12.0. The van der Waals surface area contributed by atoms with Gasteiger partial charge in [0.05, 0.1) is 19.8 Å². The SMILES string of the molecule is COCCCOc1cc(CC(CC(N)C(O)CC(C(=O)NC2CCN(C)CC2)C(C)C)C(C)C)ccc1OC. The molecule has 224 valence electrons. The van der Waals surface area contributed by atoms with Gasteiger partial charge in [-0.2, -0.15) is 0 Å². The van der Waals surface area contributed by atoms with Crippen LogP contribution in [0.1, 0.15) is 65.4 Å². The Balaban J connectivity index is 1.99. The first kappa shape index (κ1) is 33.3. The predicted molar refractivity (Wildman–Crippen MR) is 157 cm³/mol. The molecule has 1 aliphatic heterocycles. The van der Waals surface area contributed by atoms with E-state index in [9.17, 15) is 9.90 Å². The zero-order chi connectivity index (χ0) is 28.9. The number of ether oxygens (including phenoxy) is 3. The largest absolute Gasteiger partial charge is 0.493 e. The summed E-state index contributed by atoms with van der Waals surface area (Å²) in [6.45, 7) is 11.7. The number of rotatable bonds is 17. The number of amides is 1. The number of methoxy groups -OCH3 is 2. The summed E-state index contributed by atoms with van der Waals surface area (Å²) in [7, 11) is 5.44. The molecule has 1 aliphatic rings. The van der Waals surface area contributed by atoms with Crippen molar-refractivity contribution in [1.82, 2.24) is 10.2 Å². The molecule has 8 nitrogen and oxygen atoms in total. The zero-order valence-corrected chi connectivity index (χ0v) is 25.4. The van der Waals surface area contributed by atoms with Crippen molar-refractivity contribution in [2.24, 2.45) is 29.4 Å². The Kier molecular flexibility index (Phi) is 14.6. The molecule has 4 unspecified atom stereocenters. The fraction of sp³-hybridized carbons (Fsp3) is 0.774. The molecule has 2 rings (SSSR count). The van der Waals surface area contributed by atoms with Gasteiger partial charge in [0.2, 0.25) is 5.91 Å². The van der Waals surface area contributed by atoms with Gasteiger partial charge in [-0.25, -0.2) is 0 Å². The second-order valence-corrected chi connectivity index (χ2v) is 12.0. The first-order valence-electron chi connectivity index (χ1n) is 14.8. The van der Waals surface area contributed by atoms with Crippen molar-refractivity contribution in [2.75, 3.05) is 47.6 Å². The molecule has 39 heavy (non-hydrogen) atoms. The van der Waals surface area contributed by atoms with Crippen LogP contribution in [0, 0.1) is 23.7 Å². The molecule has 4 atom stereocenters. The lowest BCUT2D eigenvalue weighted by Crippen LogP contribution is -2.48. The van der Waals surface area contributed by atoms with Crippen LogP contribution >= 0.6 is 0 Å². The Bertz CT molecular complexity index is 842. The standard InChI is InChI=1S/C31H55N3O5/c1-21(2)24(17-23-9-10-29(38-7)30(18-23)39-16-8-15-37-6)19-27(32)28(35)20-26(22(3)4)31(36)33-25-11-13-34(5)14-12-25/h9-10,18,21-22,24-28,35H,8,11-17,19-20,32H2,1-7H3,(H,33,36). The summed E-state index contributed by atoms with van der Waals surface area (Å²) in [6, 6.07) is 5.87. The van der Waals surface area contributed by atoms with E-state index in [0.717, 1.165) is 50.1 Å². The van der Waals surface area contributed by atoms with Gasteiger partial charge >= 0.3 is 0 Å². The topological polar surface area (TPSA) is 106 Å². The minimum atomic E-state index is -0.738. The van der Waals surface area contributed by atoms with Crippen LogP contribution in [-0.2, 0) is 16.0 Å². The highest BCUT2D eigenvalue weighted by atomic mass is 16.5. The Labute approximate surface area is 236 Å². The van der Waals surface area contributed by atoms with E-state index in [-0.39, 0.29) is 29.7 Å². The first-order valence-corrected chi connectivity index (χ1v) is 14.8. The van der Waals surface area contributed by atoms with Crippen molar-refractivity contribution in [1.29, 1.82) is 0 Å². The van der Waals surface area contributed by atoms with Gasteiger partial charge in [0, 0.05) is 38.1 Å². The maximum Gasteiger partial charge on any atom is 0.223 e. The van der Waals surface area contributed by atoms with Crippen LogP contribution in [0.15, 0.2) is 18.2 Å². The molecule has 0 aromatic heterocycles. The molecule has 0 spiro atoms. The van der Waals surface area contributed by atoms with Crippen LogP contribution < -0.4 is 20.5 Å². The third-order valence-electron chi connectivity index (χ3n) is 8.19. The van der Waals surface area contributed by atoms with E-state index in [1.807, 2.05) is 26.0 Å². The second kappa shape index (κ2) is 17.1. The number of aliphatic hydroxyl groups excluding tert-OH is 1. The molecule has 1 saturated heterocycles. The van der Waals surface area contributed by atoms with Gasteiger partial charge in [-0.05, 0) is 87.7 Å². The maximum atomic E-state index is 13.2. The lowest BCUT2D eigenvalue weighted by Gasteiger charge is -2.33. The van der Waals surface area contributed by atoms with Crippen LogP contribution in [0.5, 0.6) is 11.5 Å². The summed E-state index contributed by atoms with van der Waals surface area (Å²) >= 11 is 0. The number of hydrogen-bond acceptors (Lipinski definition) is 7. The summed E-state index contributed by atoms with van der Waals surface area (Å²) in [6.07, 6.45) is 3.88. The molecule has 4 N–H and O–H groups in total. The Hall–Kier alpha value is -1.87. The van der Waals surface area contributed by atoms with Crippen LogP contribution in [0.3, 0.4) is 0 Å². The molecule has 1 fully saturated rings. The monoisotopic (exact) mass is 549 g/mol. The number of hydrogen-bond donors (Lipinski definition) is 3. The smallest absolute Gasteiger partial charge is 0.223 e. The molecule has 0 bridgehead atoms. The number of aliphatic hydroxyl groups is 1. The number of carbonyl (C=O) groups is 1.